The maximum absolute atomic E-state index is 12.2. The summed E-state index contributed by atoms with van der Waals surface area (Å²) in [5, 5.41) is 2.79. The minimum atomic E-state index is -4.27. The fraction of sp³-hybridized carbons (Fsp3) is 0.708. The molecule has 1 aliphatic carbocycles. The molecule has 2 heterocycles. The van der Waals surface area contributed by atoms with Gasteiger partial charge >= 0.3 is 6.18 Å². The smallest absolute Gasteiger partial charge is 0.389 e. The minimum Gasteiger partial charge on any atom is -0.454 e. The van der Waals surface area contributed by atoms with Gasteiger partial charge in [-0.2, -0.15) is 13.2 Å². The van der Waals surface area contributed by atoms with E-state index in [9.17, 15) is 18.0 Å². The Bertz CT molecular complexity index is 770. The second-order valence-electron chi connectivity index (χ2n) is 9.39. The third kappa shape index (κ3) is 6.30. The molecule has 1 aromatic carbocycles. The number of fused-ring (bicyclic) bond motifs is 1. The Balaban J connectivity index is 1.12. The lowest BCUT2D eigenvalue weighted by Gasteiger charge is -2.34. The largest absolute Gasteiger partial charge is 0.454 e. The van der Waals surface area contributed by atoms with Gasteiger partial charge in [0.1, 0.15) is 0 Å². The number of hydrogen-bond acceptors (Lipinski definition) is 4. The van der Waals surface area contributed by atoms with Gasteiger partial charge in [0.15, 0.2) is 11.5 Å². The van der Waals surface area contributed by atoms with Crippen LogP contribution in [0.5, 0.6) is 11.5 Å². The van der Waals surface area contributed by atoms with E-state index in [1.54, 1.807) is 0 Å². The van der Waals surface area contributed by atoms with Crippen molar-refractivity contribution in [3.05, 3.63) is 23.8 Å². The zero-order chi connectivity index (χ0) is 22.6. The molecule has 0 atom stereocenters. The summed E-state index contributed by atoms with van der Waals surface area (Å²) in [6.45, 7) is 3.57. The van der Waals surface area contributed by atoms with Crippen molar-refractivity contribution < 1.29 is 27.4 Å². The normalized spacial score (nSPS) is 24.5. The summed E-state index contributed by atoms with van der Waals surface area (Å²) in [5.41, 5.74) is 1.27. The highest BCUT2D eigenvalue weighted by atomic mass is 19.4. The average Bonchev–Trinajstić information content (AvgIpc) is 3.26. The number of rotatable bonds is 7. The maximum atomic E-state index is 12.2. The summed E-state index contributed by atoms with van der Waals surface area (Å²) in [6, 6.07) is 6.20. The molecule has 178 valence electrons. The van der Waals surface area contributed by atoms with Crippen molar-refractivity contribution in [2.24, 2.45) is 5.92 Å². The SMILES string of the molecule is O=C(CCC(F)(F)F)NC1CCC(CCN2CCC(c3cccc4c3OCO4)CC2)CC1. The molecule has 1 aromatic rings. The molecule has 1 amide bonds. The number of benzene rings is 1. The van der Waals surface area contributed by atoms with Gasteiger partial charge in [-0.15, -0.1) is 0 Å². The molecule has 0 bridgehead atoms. The molecule has 1 saturated heterocycles. The first-order chi connectivity index (χ1) is 15.4. The number of amides is 1. The van der Waals surface area contributed by atoms with Crippen LogP contribution < -0.4 is 14.8 Å². The molecule has 0 aromatic heterocycles. The average molecular weight is 455 g/mol. The molecule has 3 aliphatic rings. The summed E-state index contributed by atoms with van der Waals surface area (Å²) in [4.78, 5) is 14.3. The Morgan fingerprint density at radius 1 is 1.06 bits per heavy atom. The van der Waals surface area contributed by atoms with Crippen LogP contribution in [0.3, 0.4) is 0 Å². The van der Waals surface area contributed by atoms with E-state index in [4.69, 9.17) is 9.47 Å². The summed E-state index contributed by atoms with van der Waals surface area (Å²) in [7, 11) is 0. The van der Waals surface area contributed by atoms with Crippen molar-refractivity contribution in [1.29, 1.82) is 0 Å². The molecule has 0 unspecified atom stereocenters. The predicted octanol–water partition coefficient (Wildman–Crippen LogP) is 5.00. The Labute approximate surface area is 187 Å². The van der Waals surface area contributed by atoms with Crippen LogP contribution in [0.2, 0.25) is 0 Å². The molecule has 0 spiro atoms. The van der Waals surface area contributed by atoms with E-state index in [0.717, 1.165) is 76.1 Å². The molecule has 2 aliphatic heterocycles. The number of carbonyl (C=O) groups is 1. The Morgan fingerprint density at radius 2 is 1.81 bits per heavy atom. The van der Waals surface area contributed by atoms with Crippen molar-refractivity contribution in [1.82, 2.24) is 10.2 Å². The van der Waals surface area contributed by atoms with Crippen molar-refractivity contribution in [2.45, 2.75) is 75.9 Å². The molecule has 1 N–H and O–H groups in total. The summed E-state index contributed by atoms with van der Waals surface area (Å²) in [5.74, 6) is 2.46. The fourth-order valence-corrected chi connectivity index (χ4v) is 5.26. The van der Waals surface area contributed by atoms with E-state index >= 15 is 0 Å². The molecular weight excluding hydrogens is 421 g/mol. The molecule has 0 radical (unpaired) electrons. The Hall–Kier alpha value is -1.96. The number of nitrogens with zero attached hydrogens (tertiary/aromatic N) is 1. The van der Waals surface area contributed by atoms with Crippen LogP contribution in [0.15, 0.2) is 18.2 Å². The number of halogens is 3. The van der Waals surface area contributed by atoms with E-state index in [2.05, 4.69) is 16.3 Å². The third-order valence-electron chi connectivity index (χ3n) is 7.16. The molecule has 1 saturated carbocycles. The minimum absolute atomic E-state index is 0.0292. The van der Waals surface area contributed by atoms with Crippen LogP contribution in [0.25, 0.3) is 0 Å². The topological polar surface area (TPSA) is 50.8 Å². The highest BCUT2D eigenvalue weighted by Crippen LogP contribution is 2.42. The number of alkyl halides is 3. The molecule has 5 nitrogen and oxygen atoms in total. The Morgan fingerprint density at radius 3 is 2.53 bits per heavy atom. The monoisotopic (exact) mass is 454 g/mol. The number of nitrogens with one attached hydrogen (secondary N) is 1. The van der Waals surface area contributed by atoms with Crippen molar-refractivity contribution in [2.75, 3.05) is 26.4 Å². The van der Waals surface area contributed by atoms with E-state index in [0.29, 0.717) is 18.6 Å². The van der Waals surface area contributed by atoms with E-state index in [1.165, 1.54) is 5.56 Å². The first-order valence-corrected chi connectivity index (χ1v) is 11.8. The van der Waals surface area contributed by atoms with E-state index in [1.807, 2.05) is 12.1 Å². The Kier molecular flexibility index (Phi) is 7.48. The lowest BCUT2D eigenvalue weighted by Crippen LogP contribution is -2.39. The van der Waals surface area contributed by atoms with Gasteiger partial charge < -0.3 is 19.7 Å². The molecule has 8 heteroatoms. The molecular formula is C24H33F3N2O3. The number of carbonyl (C=O) groups excluding carboxylic acids is 1. The van der Waals surface area contributed by atoms with Gasteiger partial charge in [-0.05, 0) is 82.5 Å². The van der Waals surface area contributed by atoms with Gasteiger partial charge in [0, 0.05) is 18.0 Å². The van der Waals surface area contributed by atoms with Crippen molar-refractivity contribution in [3.63, 3.8) is 0 Å². The highest BCUT2D eigenvalue weighted by Gasteiger charge is 2.30. The van der Waals surface area contributed by atoms with Gasteiger partial charge in [-0.1, -0.05) is 12.1 Å². The second-order valence-corrected chi connectivity index (χ2v) is 9.39. The number of piperidine rings is 1. The maximum Gasteiger partial charge on any atom is 0.389 e. The highest BCUT2D eigenvalue weighted by molar-refractivity contribution is 5.76. The van der Waals surface area contributed by atoms with E-state index in [-0.39, 0.29) is 6.04 Å². The van der Waals surface area contributed by atoms with Crippen LogP contribution in [-0.4, -0.2) is 49.5 Å². The summed E-state index contributed by atoms with van der Waals surface area (Å²) >= 11 is 0. The van der Waals surface area contributed by atoms with Crippen molar-refractivity contribution in [3.8, 4) is 11.5 Å². The standard InChI is InChI=1S/C24H33F3N2O3/c25-24(26,27)12-8-22(30)28-19-6-4-17(5-7-19)9-13-29-14-10-18(11-15-29)20-2-1-3-21-23(20)32-16-31-21/h1-3,17-19H,4-16H2,(H,28,30). The van der Waals surface area contributed by atoms with Gasteiger partial charge in [0.25, 0.3) is 0 Å². The van der Waals surface area contributed by atoms with Crippen LogP contribution in [0.1, 0.15) is 69.3 Å². The lowest BCUT2D eigenvalue weighted by atomic mass is 9.83. The summed E-state index contributed by atoms with van der Waals surface area (Å²) < 4.78 is 47.9. The van der Waals surface area contributed by atoms with E-state index < -0.39 is 24.9 Å². The van der Waals surface area contributed by atoms with Crippen molar-refractivity contribution >= 4 is 5.91 Å². The first-order valence-electron chi connectivity index (χ1n) is 11.8. The van der Waals surface area contributed by atoms with Crippen LogP contribution in [0.4, 0.5) is 13.2 Å². The van der Waals surface area contributed by atoms with Gasteiger partial charge in [0.2, 0.25) is 12.7 Å². The lowest BCUT2D eigenvalue weighted by molar-refractivity contribution is -0.144. The first kappa shape index (κ1) is 23.2. The predicted molar refractivity (Wildman–Crippen MR) is 115 cm³/mol. The third-order valence-corrected chi connectivity index (χ3v) is 7.16. The molecule has 2 fully saturated rings. The number of ether oxygens (including phenoxy) is 2. The zero-order valence-electron chi connectivity index (χ0n) is 18.5. The van der Waals surface area contributed by atoms with Gasteiger partial charge in [-0.25, -0.2) is 0 Å². The number of likely N-dealkylation sites (tertiary alicyclic amines) is 1. The van der Waals surface area contributed by atoms with Crippen LogP contribution >= 0.6 is 0 Å². The van der Waals surface area contributed by atoms with Crippen LogP contribution in [0, 0.1) is 5.92 Å². The summed E-state index contributed by atoms with van der Waals surface area (Å²) in [6.07, 6.45) is 1.42. The molecule has 32 heavy (non-hydrogen) atoms. The second kappa shape index (κ2) is 10.3. The zero-order valence-corrected chi connectivity index (χ0v) is 18.5. The van der Waals surface area contributed by atoms with Crippen LogP contribution in [-0.2, 0) is 4.79 Å². The van der Waals surface area contributed by atoms with Gasteiger partial charge in [-0.3, -0.25) is 4.79 Å². The molecule has 4 rings (SSSR count). The fourth-order valence-electron chi connectivity index (χ4n) is 5.26. The quantitative estimate of drug-likeness (QED) is 0.630. The van der Waals surface area contributed by atoms with Gasteiger partial charge in [0.05, 0.1) is 6.42 Å². The number of hydrogen-bond donors (Lipinski definition) is 1. The number of para-hydroxylation sites is 1.